The van der Waals surface area contributed by atoms with E-state index >= 15 is 0 Å². The highest BCUT2D eigenvalue weighted by molar-refractivity contribution is 6.23. The average Bonchev–Trinajstić information content (AvgIpc) is 2.59. The Balaban J connectivity index is 1.77. The van der Waals surface area contributed by atoms with Gasteiger partial charge in [-0.2, -0.15) is 0 Å². The van der Waals surface area contributed by atoms with Crippen molar-refractivity contribution in [1.29, 1.82) is 0 Å². The molecule has 0 saturated heterocycles. The second-order valence-corrected chi connectivity index (χ2v) is 6.42. The zero-order valence-electron chi connectivity index (χ0n) is 13.5. The van der Waals surface area contributed by atoms with E-state index in [0.29, 0.717) is 13.0 Å². The van der Waals surface area contributed by atoms with Gasteiger partial charge in [0.25, 0.3) is 0 Å². The molecule has 4 heteroatoms. The predicted octanol–water partition coefficient (Wildman–Crippen LogP) is 3.39. The predicted molar refractivity (Wildman–Crippen MR) is 89.2 cm³/mol. The van der Waals surface area contributed by atoms with E-state index in [2.05, 4.69) is 34.3 Å². The summed E-state index contributed by atoms with van der Waals surface area (Å²) in [6, 6.07) is 8.77. The van der Waals surface area contributed by atoms with Crippen LogP contribution in [0.2, 0.25) is 0 Å². The van der Waals surface area contributed by atoms with E-state index in [-0.39, 0.29) is 11.8 Å². The summed E-state index contributed by atoms with van der Waals surface area (Å²) in [7, 11) is 0. The molecule has 0 unspecified atom stereocenters. The quantitative estimate of drug-likeness (QED) is 0.786. The largest absolute Gasteiger partial charge is 0.396 e. The van der Waals surface area contributed by atoms with Crippen LogP contribution in [0.3, 0.4) is 0 Å². The first-order valence-electron chi connectivity index (χ1n) is 8.59. The van der Waals surface area contributed by atoms with Crippen molar-refractivity contribution >= 4 is 11.5 Å². The molecular weight excluding hydrogens is 288 g/mol. The number of hydrogen-bond donors (Lipinski definition) is 0. The smallest absolute Gasteiger partial charge is 0.168 e. The lowest BCUT2D eigenvalue weighted by Gasteiger charge is -2.45. The third-order valence-electron chi connectivity index (χ3n) is 5.12. The maximum atomic E-state index is 12.8. The molecule has 2 aliphatic heterocycles. The molecule has 1 aromatic rings. The number of ketones is 1. The van der Waals surface area contributed by atoms with Crippen LogP contribution in [-0.2, 0) is 16.1 Å². The number of Topliss-reactive ketones (excluding diaryl/α,β-unsaturated/α-hetero) is 1. The van der Waals surface area contributed by atoms with Crippen molar-refractivity contribution in [3.05, 3.63) is 46.7 Å². The molecule has 0 saturated carbocycles. The molecule has 0 spiro atoms. The van der Waals surface area contributed by atoms with Gasteiger partial charge in [0.2, 0.25) is 0 Å². The van der Waals surface area contributed by atoms with Crippen LogP contribution in [0, 0.1) is 0 Å². The Hall–Kier alpha value is -2.10. The maximum Gasteiger partial charge on any atom is 0.168 e. The van der Waals surface area contributed by atoms with E-state index in [4.69, 9.17) is 4.84 Å². The Morgan fingerprint density at radius 2 is 2.13 bits per heavy atom. The van der Waals surface area contributed by atoms with Gasteiger partial charge in [0.15, 0.2) is 5.78 Å². The summed E-state index contributed by atoms with van der Waals surface area (Å²) in [4.78, 5) is 20.5. The van der Waals surface area contributed by atoms with E-state index in [0.717, 1.165) is 43.5 Å². The Labute approximate surface area is 136 Å². The Morgan fingerprint density at radius 1 is 1.26 bits per heavy atom. The van der Waals surface area contributed by atoms with Crippen molar-refractivity contribution in [2.75, 3.05) is 13.2 Å². The van der Waals surface area contributed by atoms with Crippen LogP contribution in [0.1, 0.15) is 49.8 Å². The van der Waals surface area contributed by atoms with Crippen LogP contribution in [0.15, 0.2) is 40.7 Å². The zero-order valence-corrected chi connectivity index (χ0v) is 13.5. The summed E-state index contributed by atoms with van der Waals surface area (Å²) >= 11 is 0. The van der Waals surface area contributed by atoms with Gasteiger partial charge in [0, 0.05) is 18.7 Å². The molecule has 3 aliphatic rings. The van der Waals surface area contributed by atoms with Gasteiger partial charge in [0.05, 0.1) is 17.3 Å². The van der Waals surface area contributed by atoms with Gasteiger partial charge in [-0.25, -0.2) is 0 Å². The first-order valence-corrected chi connectivity index (χ1v) is 8.59. The fourth-order valence-corrected chi connectivity index (χ4v) is 4.16. The summed E-state index contributed by atoms with van der Waals surface area (Å²) in [5.41, 5.74) is 5.62. The average molecular weight is 310 g/mol. The Morgan fingerprint density at radius 3 is 3.00 bits per heavy atom. The minimum atomic E-state index is 0.206. The van der Waals surface area contributed by atoms with Gasteiger partial charge < -0.3 is 9.74 Å². The normalized spacial score (nSPS) is 25.1. The van der Waals surface area contributed by atoms with Gasteiger partial charge in [-0.15, -0.1) is 0 Å². The monoisotopic (exact) mass is 310 g/mol. The molecule has 120 valence electrons. The fourth-order valence-electron chi connectivity index (χ4n) is 4.16. The molecule has 23 heavy (non-hydrogen) atoms. The lowest BCUT2D eigenvalue weighted by Crippen LogP contribution is -2.43. The minimum absolute atomic E-state index is 0.206. The van der Waals surface area contributed by atoms with Gasteiger partial charge in [-0.1, -0.05) is 29.4 Å². The third kappa shape index (κ3) is 2.37. The Bertz CT molecular complexity index is 705. The molecule has 1 aliphatic carbocycles. The van der Waals surface area contributed by atoms with Crippen molar-refractivity contribution in [2.24, 2.45) is 5.16 Å². The molecule has 0 bridgehead atoms. The van der Waals surface area contributed by atoms with Gasteiger partial charge in [-0.05, 0) is 43.7 Å². The number of oxime groups is 1. The highest BCUT2D eigenvalue weighted by atomic mass is 16.6. The number of carbonyl (C=O) groups is 1. The number of carbonyl (C=O) groups excluding carboxylic acids is 1. The topological polar surface area (TPSA) is 41.9 Å². The number of benzene rings is 1. The van der Waals surface area contributed by atoms with Crippen LogP contribution in [-0.4, -0.2) is 29.5 Å². The highest BCUT2D eigenvalue weighted by Gasteiger charge is 2.40. The Kier molecular flexibility index (Phi) is 3.68. The summed E-state index contributed by atoms with van der Waals surface area (Å²) in [5.74, 6) is 0.233. The van der Waals surface area contributed by atoms with Crippen LogP contribution in [0.5, 0.6) is 0 Å². The number of nitrogens with zero attached hydrogens (tertiary/aromatic N) is 2. The lowest BCUT2D eigenvalue weighted by atomic mass is 9.79. The fraction of sp³-hybridized carbons (Fsp3) is 0.474. The molecule has 0 amide bonds. The molecule has 0 radical (unpaired) electrons. The van der Waals surface area contributed by atoms with Crippen molar-refractivity contribution in [2.45, 2.75) is 45.1 Å². The molecule has 0 aromatic heterocycles. The number of allylic oxidation sites excluding steroid dienone is 2. The molecule has 4 nitrogen and oxygen atoms in total. The van der Waals surface area contributed by atoms with Crippen molar-refractivity contribution in [3.8, 4) is 0 Å². The molecule has 4 rings (SSSR count). The van der Waals surface area contributed by atoms with E-state index < -0.39 is 0 Å². The summed E-state index contributed by atoms with van der Waals surface area (Å²) in [6.07, 6.45) is 4.48. The molecule has 1 aromatic carbocycles. The van der Waals surface area contributed by atoms with Crippen molar-refractivity contribution in [3.63, 3.8) is 0 Å². The standard InChI is InChI=1S/C19H22N2O2/c1-2-23-20-15-8-5-9-16-19(15)18(22)12-17-14-7-4-3-6-13(14)10-11-21(16)17/h3-4,6-7,17H,2,5,8-12H2,1H3/b20-15-/t17-/m1/s1. The summed E-state index contributed by atoms with van der Waals surface area (Å²) < 4.78 is 0. The van der Waals surface area contributed by atoms with E-state index in [1.807, 2.05) is 6.92 Å². The van der Waals surface area contributed by atoms with Crippen LogP contribution < -0.4 is 0 Å². The van der Waals surface area contributed by atoms with Crippen molar-refractivity contribution < 1.29 is 9.63 Å². The number of rotatable bonds is 2. The number of fused-ring (bicyclic) bond motifs is 4. The van der Waals surface area contributed by atoms with Gasteiger partial charge in [-0.3, -0.25) is 4.79 Å². The first kappa shape index (κ1) is 14.5. The molecule has 2 heterocycles. The molecule has 0 N–H and O–H groups in total. The molecule has 1 atom stereocenters. The SMILES string of the molecule is CCO/N=C1/CCCC2=C1C(=O)C[C@@H]1c3ccccc3CCN21. The second-order valence-electron chi connectivity index (χ2n) is 6.42. The van der Waals surface area contributed by atoms with Crippen LogP contribution in [0.25, 0.3) is 0 Å². The minimum Gasteiger partial charge on any atom is -0.396 e. The molecule has 0 fully saturated rings. The summed E-state index contributed by atoms with van der Waals surface area (Å²) in [5, 5.41) is 4.23. The van der Waals surface area contributed by atoms with Gasteiger partial charge in [0.1, 0.15) is 6.61 Å². The maximum absolute atomic E-state index is 12.8. The molecular formula is C19H22N2O2. The van der Waals surface area contributed by atoms with E-state index in [9.17, 15) is 4.79 Å². The van der Waals surface area contributed by atoms with Gasteiger partial charge >= 0.3 is 0 Å². The zero-order chi connectivity index (χ0) is 15.8. The first-order chi connectivity index (χ1) is 11.3. The third-order valence-corrected chi connectivity index (χ3v) is 5.12. The van der Waals surface area contributed by atoms with Crippen LogP contribution >= 0.6 is 0 Å². The van der Waals surface area contributed by atoms with E-state index in [1.54, 1.807) is 0 Å². The second kappa shape index (κ2) is 5.84. The number of hydrogen-bond acceptors (Lipinski definition) is 4. The lowest BCUT2D eigenvalue weighted by molar-refractivity contribution is -0.117. The highest BCUT2D eigenvalue weighted by Crippen LogP contribution is 2.43. The van der Waals surface area contributed by atoms with Crippen molar-refractivity contribution in [1.82, 2.24) is 4.90 Å². The summed E-state index contributed by atoms with van der Waals surface area (Å²) in [6.45, 7) is 3.46. The van der Waals surface area contributed by atoms with E-state index in [1.165, 1.54) is 16.8 Å². The van der Waals surface area contributed by atoms with Crippen LogP contribution in [0.4, 0.5) is 0 Å².